The van der Waals surface area contributed by atoms with Crippen LogP contribution in [0.3, 0.4) is 0 Å². The molecule has 7 nitrogen and oxygen atoms in total. The molecule has 1 aliphatic rings. The number of nitrogens with zero attached hydrogens (tertiary/aromatic N) is 1. The fraction of sp³-hybridized carbons (Fsp3) is 0.115. The van der Waals surface area contributed by atoms with Crippen LogP contribution < -0.4 is 19.7 Å². The van der Waals surface area contributed by atoms with Crippen molar-refractivity contribution in [3.63, 3.8) is 0 Å². The maximum atomic E-state index is 13.2. The van der Waals surface area contributed by atoms with E-state index < -0.39 is 17.8 Å². The molecule has 10 heteroatoms. The fourth-order valence-corrected chi connectivity index (χ4v) is 4.39. The molecule has 1 saturated heterocycles. The molecule has 0 bridgehead atoms. The Kier molecular flexibility index (Phi) is 8.28. The Morgan fingerprint density at radius 3 is 2.11 bits per heavy atom. The predicted octanol–water partition coefficient (Wildman–Crippen LogP) is 6.62. The molecule has 0 radical (unpaired) electrons. The minimum absolute atomic E-state index is 0.191. The number of rotatable bonds is 7. The first-order valence-corrected chi connectivity index (χ1v) is 13.2. The molecule has 184 valence electrons. The summed E-state index contributed by atoms with van der Waals surface area (Å²) in [6, 6.07) is 17.0. The normalized spacial score (nSPS) is 14.7. The zero-order valence-electron chi connectivity index (χ0n) is 18.9. The van der Waals surface area contributed by atoms with Crippen LogP contribution in [0.2, 0.25) is 0 Å². The Hall–Kier alpha value is -2.95. The van der Waals surface area contributed by atoms with Crippen LogP contribution >= 0.6 is 47.8 Å². The van der Waals surface area contributed by atoms with Crippen LogP contribution in [0.1, 0.15) is 18.1 Å². The summed E-state index contributed by atoms with van der Waals surface area (Å²) < 4.78 is 14.1. The van der Waals surface area contributed by atoms with E-state index in [0.29, 0.717) is 40.4 Å². The van der Waals surface area contributed by atoms with Gasteiger partial charge in [0.15, 0.2) is 11.5 Å². The van der Waals surface area contributed by atoms with Crippen molar-refractivity contribution >= 4 is 77.4 Å². The molecule has 36 heavy (non-hydrogen) atoms. The molecule has 4 amide bonds. The number of amides is 4. The maximum Gasteiger partial charge on any atom is 0.335 e. The topological polar surface area (TPSA) is 84.9 Å². The average molecular weight is 679 g/mol. The number of nitrogens with one attached hydrogen (secondary N) is 1. The first kappa shape index (κ1) is 26.1. The lowest BCUT2D eigenvalue weighted by atomic mass is 10.1. The van der Waals surface area contributed by atoms with Crippen LogP contribution in [0.25, 0.3) is 6.08 Å². The fourth-order valence-electron chi connectivity index (χ4n) is 3.42. The minimum atomic E-state index is -0.810. The number of anilines is 1. The number of carbonyl (C=O) groups is 3. The van der Waals surface area contributed by atoms with Gasteiger partial charge in [-0.25, -0.2) is 9.69 Å². The van der Waals surface area contributed by atoms with E-state index in [9.17, 15) is 14.4 Å². The van der Waals surface area contributed by atoms with Crippen molar-refractivity contribution in [1.29, 1.82) is 0 Å². The van der Waals surface area contributed by atoms with Gasteiger partial charge in [0, 0.05) is 13.4 Å². The second-order valence-electron chi connectivity index (χ2n) is 7.60. The van der Waals surface area contributed by atoms with Crippen molar-refractivity contribution < 1.29 is 23.9 Å². The van der Waals surface area contributed by atoms with E-state index in [1.807, 2.05) is 31.2 Å². The number of urea groups is 1. The summed E-state index contributed by atoms with van der Waals surface area (Å²) in [4.78, 5) is 39.2. The Morgan fingerprint density at radius 1 is 0.861 bits per heavy atom. The predicted molar refractivity (Wildman–Crippen MR) is 147 cm³/mol. The van der Waals surface area contributed by atoms with Crippen molar-refractivity contribution in [3.05, 3.63) is 90.8 Å². The average Bonchev–Trinajstić information content (AvgIpc) is 2.84. The Balaban J connectivity index is 1.65. The van der Waals surface area contributed by atoms with Crippen LogP contribution in [0.4, 0.5) is 10.5 Å². The molecule has 0 spiro atoms. The summed E-state index contributed by atoms with van der Waals surface area (Å²) in [7, 11) is 0. The molecule has 1 heterocycles. The smallest absolute Gasteiger partial charge is 0.335 e. The molecule has 0 saturated carbocycles. The van der Waals surface area contributed by atoms with E-state index >= 15 is 0 Å². The lowest BCUT2D eigenvalue weighted by Gasteiger charge is -2.26. The van der Waals surface area contributed by atoms with E-state index in [1.165, 1.54) is 6.08 Å². The third-order valence-electron chi connectivity index (χ3n) is 5.16. The number of ether oxygens (including phenoxy) is 2. The number of hydrogen-bond acceptors (Lipinski definition) is 5. The molecular weight excluding hydrogens is 660 g/mol. The molecule has 1 aliphatic heterocycles. The van der Waals surface area contributed by atoms with E-state index in [2.05, 4.69) is 53.1 Å². The third kappa shape index (κ3) is 5.88. The lowest BCUT2D eigenvalue weighted by molar-refractivity contribution is -0.122. The van der Waals surface area contributed by atoms with E-state index in [0.717, 1.165) is 19.4 Å². The second kappa shape index (κ2) is 11.4. The van der Waals surface area contributed by atoms with Gasteiger partial charge in [-0.3, -0.25) is 14.9 Å². The number of carbonyl (C=O) groups excluding carboxylic acids is 3. The molecule has 0 aromatic heterocycles. The van der Waals surface area contributed by atoms with Crippen molar-refractivity contribution in [2.75, 3.05) is 11.5 Å². The van der Waals surface area contributed by atoms with Gasteiger partial charge < -0.3 is 9.47 Å². The van der Waals surface area contributed by atoms with Crippen LogP contribution in [-0.4, -0.2) is 24.5 Å². The van der Waals surface area contributed by atoms with Crippen molar-refractivity contribution in [2.45, 2.75) is 13.5 Å². The zero-order chi connectivity index (χ0) is 25.8. The molecular formula is C26H19Br3N2O5. The van der Waals surface area contributed by atoms with Gasteiger partial charge in [-0.05, 0) is 72.7 Å². The van der Waals surface area contributed by atoms with Crippen molar-refractivity contribution in [1.82, 2.24) is 5.32 Å². The number of hydrogen-bond donors (Lipinski definition) is 1. The SMILES string of the molecule is CCOc1cc(/C=C2\C(=O)NC(=O)N(c3ccc(Br)cc3)C2=O)c(Br)cc1OCc1ccc(Br)cc1. The van der Waals surface area contributed by atoms with Gasteiger partial charge in [0.25, 0.3) is 11.8 Å². The molecule has 0 unspecified atom stereocenters. The number of benzene rings is 3. The number of imide groups is 2. The Bertz CT molecular complexity index is 1360. The lowest BCUT2D eigenvalue weighted by Crippen LogP contribution is -2.54. The van der Waals surface area contributed by atoms with Crippen molar-refractivity contribution in [2.24, 2.45) is 0 Å². The summed E-state index contributed by atoms with van der Waals surface area (Å²) in [6.45, 7) is 2.56. The van der Waals surface area contributed by atoms with E-state index in [-0.39, 0.29) is 5.57 Å². The van der Waals surface area contributed by atoms with Gasteiger partial charge in [-0.1, -0.05) is 59.9 Å². The van der Waals surface area contributed by atoms with Gasteiger partial charge in [-0.15, -0.1) is 0 Å². The third-order valence-corrected chi connectivity index (χ3v) is 6.90. The van der Waals surface area contributed by atoms with Gasteiger partial charge in [-0.2, -0.15) is 0 Å². The second-order valence-corrected chi connectivity index (χ2v) is 10.3. The van der Waals surface area contributed by atoms with E-state index in [1.54, 1.807) is 36.4 Å². The van der Waals surface area contributed by atoms with Gasteiger partial charge >= 0.3 is 6.03 Å². The highest BCUT2D eigenvalue weighted by molar-refractivity contribution is 9.11. The van der Waals surface area contributed by atoms with Gasteiger partial charge in [0.05, 0.1) is 12.3 Å². The zero-order valence-corrected chi connectivity index (χ0v) is 23.6. The monoisotopic (exact) mass is 676 g/mol. The number of halogens is 3. The highest BCUT2D eigenvalue weighted by Gasteiger charge is 2.37. The van der Waals surface area contributed by atoms with Crippen LogP contribution in [0, 0.1) is 0 Å². The van der Waals surface area contributed by atoms with Crippen LogP contribution in [0.5, 0.6) is 11.5 Å². The maximum absolute atomic E-state index is 13.2. The van der Waals surface area contributed by atoms with Crippen LogP contribution in [0.15, 0.2) is 79.7 Å². The Morgan fingerprint density at radius 2 is 1.47 bits per heavy atom. The molecule has 1 fully saturated rings. The quantitative estimate of drug-likeness (QED) is 0.224. The summed E-state index contributed by atoms with van der Waals surface area (Å²) in [5.74, 6) is -0.556. The largest absolute Gasteiger partial charge is 0.490 e. The molecule has 3 aromatic rings. The summed E-state index contributed by atoms with van der Waals surface area (Å²) in [6.07, 6.45) is 1.42. The van der Waals surface area contributed by atoms with Gasteiger partial charge in [0.2, 0.25) is 0 Å². The van der Waals surface area contributed by atoms with E-state index in [4.69, 9.17) is 9.47 Å². The molecule has 0 atom stereocenters. The Labute approximate surface area is 232 Å². The van der Waals surface area contributed by atoms with Crippen molar-refractivity contribution in [3.8, 4) is 11.5 Å². The summed E-state index contributed by atoms with van der Waals surface area (Å²) >= 11 is 10.2. The molecule has 0 aliphatic carbocycles. The highest BCUT2D eigenvalue weighted by Crippen LogP contribution is 2.36. The molecule has 1 N–H and O–H groups in total. The minimum Gasteiger partial charge on any atom is -0.490 e. The number of barbiturate groups is 1. The summed E-state index contributed by atoms with van der Waals surface area (Å²) in [5, 5.41) is 2.23. The van der Waals surface area contributed by atoms with Crippen LogP contribution in [-0.2, 0) is 16.2 Å². The van der Waals surface area contributed by atoms with Gasteiger partial charge in [0.1, 0.15) is 12.2 Å². The summed E-state index contributed by atoms with van der Waals surface area (Å²) in [5.41, 5.74) is 1.64. The first-order chi connectivity index (χ1) is 17.3. The highest BCUT2D eigenvalue weighted by atomic mass is 79.9. The molecule has 4 rings (SSSR count). The first-order valence-electron chi connectivity index (χ1n) is 10.8. The molecule has 3 aromatic carbocycles. The standard InChI is InChI=1S/C26H19Br3N2O5/c1-2-35-22-12-16(21(29)13-23(22)36-14-15-3-5-17(27)6-4-15)11-20-24(32)30-26(34)31(25(20)33)19-9-7-18(28)8-10-19/h3-13H,2,14H2,1H3,(H,30,32,34)/b20-11+.